The highest BCUT2D eigenvalue weighted by Crippen LogP contribution is 2.09. The van der Waals surface area contributed by atoms with Gasteiger partial charge in [0, 0.05) is 0 Å². The van der Waals surface area contributed by atoms with Gasteiger partial charge in [0.15, 0.2) is 9.84 Å². The Hall–Kier alpha value is -0.230. The largest absolute Gasteiger partial charge is 0.330 e. The van der Waals surface area contributed by atoms with Crippen molar-refractivity contribution in [1.29, 1.82) is 0 Å². The highest BCUT2D eigenvalue weighted by molar-refractivity contribution is 7.92. The normalized spacial score (nSPS) is 15.1. The monoisotopic (exact) mass is 201 g/mol. The van der Waals surface area contributed by atoms with Gasteiger partial charge in [-0.25, -0.2) is 17.2 Å². The maximum absolute atomic E-state index is 11.7. The minimum absolute atomic E-state index is 0.198. The van der Waals surface area contributed by atoms with Gasteiger partial charge in [-0.15, -0.1) is 0 Å². The summed E-state index contributed by atoms with van der Waals surface area (Å²) >= 11 is 0. The first-order valence-corrected chi connectivity index (χ1v) is 5.31. The van der Waals surface area contributed by atoms with Crippen molar-refractivity contribution in [2.75, 3.05) is 12.3 Å². The summed E-state index contributed by atoms with van der Waals surface area (Å²) in [5.74, 6) is -1.06. The Morgan fingerprint density at radius 3 is 2.25 bits per heavy atom. The van der Waals surface area contributed by atoms with Crippen LogP contribution in [-0.2, 0) is 9.84 Å². The average Bonchev–Trinajstić information content (AvgIpc) is 1.85. The van der Waals surface area contributed by atoms with E-state index in [4.69, 9.17) is 5.73 Å². The Kier molecular flexibility index (Phi) is 4.62. The lowest BCUT2D eigenvalue weighted by molar-refractivity contribution is 0.174. The van der Waals surface area contributed by atoms with Crippen LogP contribution in [-0.4, -0.2) is 32.4 Å². The predicted octanol–water partition coefficient (Wildman–Crippen LogP) is 0.404. The Labute approximate surface area is 70.9 Å². The van der Waals surface area contributed by atoms with E-state index in [9.17, 15) is 17.2 Å². The number of alkyl halides is 2. The molecule has 6 heteroatoms. The zero-order chi connectivity index (χ0) is 9.78. The molecule has 0 rings (SSSR count). The highest BCUT2D eigenvalue weighted by atomic mass is 32.2. The smallest absolute Gasteiger partial charge is 0.252 e. The second-order valence-electron chi connectivity index (χ2n) is 2.61. The molecule has 0 aromatic rings. The number of hydrogen-bond donors (Lipinski definition) is 1. The molecule has 1 atom stereocenters. The maximum Gasteiger partial charge on any atom is 0.252 e. The van der Waals surface area contributed by atoms with E-state index in [1.54, 1.807) is 0 Å². The summed E-state index contributed by atoms with van der Waals surface area (Å²) in [4.78, 5) is 0. The third-order valence-corrected chi connectivity index (χ3v) is 3.72. The van der Waals surface area contributed by atoms with Crippen LogP contribution in [0.2, 0.25) is 0 Å². The van der Waals surface area contributed by atoms with Crippen molar-refractivity contribution in [2.45, 2.75) is 25.0 Å². The Morgan fingerprint density at radius 2 is 1.92 bits per heavy atom. The number of rotatable bonds is 5. The lowest BCUT2D eigenvalue weighted by Gasteiger charge is -2.10. The molecule has 0 spiro atoms. The maximum atomic E-state index is 11.7. The molecule has 0 aromatic carbocycles. The van der Waals surface area contributed by atoms with Crippen molar-refractivity contribution in [3.63, 3.8) is 0 Å². The highest BCUT2D eigenvalue weighted by Gasteiger charge is 2.24. The van der Waals surface area contributed by atoms with E-state index >= 15 is 0 Å². The molecule has 3 nitrogen and oxygen atoms in total. The van der Waals surface area contributed by atoms with E-state index in [2.05, 4.69) is 0 Å². The molecule has 0 bridgehead atoms. The molecule has 0 saturated carbocycles. The first kappa shape index (κ1) is 11.8. The van der Waals surface area contributed by atoms with Crippen LogP contribution < -0.4 is 5.73 Å². The van der Waals surface area contributed by atoms with Crippen molar-refractivity contribution in [3.8, 4) is 0 Å². The molecule has 0 saturated heterocycles. The van der Waals surface area contributed by atoms with Crippen LogP contribution >= 0.6 is 0 Å². The fraction of sp³-hybridized carbons (Fsp3) is 1.00. The van der Waals surface area contributed by atoms with Crippen molar-refractivity contribution >= 4 is 9.84 Å². The molecule has 2 N–H and O–H groups in total. The van der Waals surface area contributed by atoms with Crippen LogP contribution in [0.25, 0.3) is 0 Å². The molecule has 0 aliphatic heterocycles. The van der Waals surface area contributed by atoms with Gasteiger partial charge in [-0.1, -0.05) is 0 Å². The van der Waals surface area contributed by atoms with Gasteiger partial charge < -0.3 is 5.73 Å². The SMILES string of the molecule is CC(CCN)S(=O)(=O)CC(F)F. The van der Waals surface area contributed by atoms with Gasteiger partial charge in [-0.05, 0) is 19.9 Å². The van der Waals surface area contributed by atoms with Gasteiger partial charge in [0.05, 0.1) is 5.25 Å². The van der Waals surface area contributed by atoms with Crippen molar-refractivity contribution in [1.82, 2.24) is 0 Å². The first-order valence-electron chi connectivity index (χ1n) is 3.60. The van der Waals surface area contributed by atoms with E-state index < -0.39 is 27.3 Å². The standard InChI is InChI=1S/C6H13F2NO2S/c1-5(2-3-9)12(10,11)4-6(7)8/h5-6H,2-4,9H2,1H3. The number of hydrogen-bond acceptors (Lipinski definition) is 3. The van der Waals surface area contributed by atoms with Gasteiger partial charge in [0.1, 0.15) is 5.75 Å². The minimum atomic E-state index is -3.65. The number of halogens is 2. The minimum Gasteiger partial charge on any atom is -0.330 e. The summed E-state index contributed by atoms with van der Waals surface area (Å²) in [7, 11) is -3.65. The molecule has 0 aliphatic carbocycles. The number of sulfone groups is 1. The predicted molar refractivity (Wildman–Crippen MR) is 42.9 cm³/mol. The van der Waals surface area contributed by atoms with Crippen molar-refractivity contribution < 1.29 is 17.2 Å². The lowest BCUT2D eigenvalue weighted by Crippen LogP contribution is -2.26. The average molecular weight is 201 g/mol. The Morgan fingerprint density at radius 1 is 1.42 bits per heavy atom. The second kappa shape index (κ2) is 4.71. The third kappa shape index (κ3) is 3.96. The van der Waals surface area contributed by atoms with E-state index in [0.717, 1.165) is 0 Å². The van der Waals surface area contributed by atoms with Crippen LogP contribution in [0.5, 0.6) is 0 Å². The van der Waals surface area contributed by atoms with Gasteiger partial charge >= 0.3 is 0 Å². The second-order valence-corrected chi connectivity index (χ2v) is 5.07. The molecule has 0 heterocycles. The van der Waals surface area contributed by atoms with E-state index in [1.807, 2.05) is 0 Å². The van der Waals surface area contributed by atoms with Crippen LogP contribution in [0.4, 0.5) is 8.78 Å². The summed E-state index contributed by atoms with van der Waals surface area (Å²) in [6.07, 6.45) is -2.56. The quantitative estimate of drug-likeness (QED) is 0.700. The van der Waals surface area contributed by atoms with Crippen molar-refractivity contribution in [2.24, 2.45) is 5.73 Å². The molecule has 0 aliphatic rings. The number of nitrogens with two attached hydrogens (primary N) is 1. The molecule has 74 valence electrons. The fourth-order valence-corrected chi connectivity index (χ4v) is 1.93. The summed E-state index contributed by atoms with van der Waals surface area (Å²) < 4.78 is 45.4. The Balaban J connectivity index is 4.20. The summed E-state index contributed by atoms with van der Waals surface area (Å²) in [6, 6.07) is 0. The van der Waals surface area contributed by atoms with E-state index in [1.165, 1.54) is 6.92 Å². The molecule has 12 heavy (non-hydrogen) atoms. The summed E-state index contributed by atoms with van der Waals surface area (Å²) in [5, 5.41) is -0.767. The Bertz CT molecular complexity index is 216. The molecule has 0 amide bonds. The van der Waals surface area contributed by atoms with Crippen LogP contribution in [0.1, 0.15) is 13.3 Å². The van der Waals surface area contributed by atoms with Gasteiger partial charge in [-0.2, -0.15) is 0 Å². The summed E-state index contributed by atoms with van der Waals surface area (Å²) in [5.41, 5.74) is 5.10. The molecule has 0 aromatic heterocycles. The van der Waals surface area contributed by atoms with Crippen LogP contribution in [0.3, 0.4) is 0 Å². The van der Waals surface area contributed by atoms with Crippen LogP contribution in [0.15, 0.2) is 0 Å². The van der Waals surface area contributed by atoms with E-state index in [-0.39, 0.29) is 13.0 Å². The molecular weight excluding hydrogens is 188 g/mol. The van der Waals surface area contributed by atoms with Crippen LogP contribution in [0, 0.1) is 0 Å². The van der Waals surface area contributed by atoms with Gasteiger partial charge in [0.25, 0.3) is 6.43 Å². The third-order valence-electron chi connectivity index (χ3n) is 1.54. The lowest BCUT2D eigenvalue weighted by atomic mass is 10.3. The first-order chi connectivity index (χ1) is 5.40. The van der Waals surface area contributed by atoms with Gasteiger partial charge in [-0.3, -0.25) is 0 Å². The molecular formula is C6H13F2NO2S. The summed E-state index contributed by atoms with van der Waals surface area (Å²) in [6.45, 7) is 1.59. The molecule has 0 fully saturated rings. The zero-order valence-electron chi connectivity index (χ0n) is 6.83. The topological polar surface area (TPSA) is 60.2 Å². The van der Waals surface area contributed by atoms with Gasteiger partial charge in [0.2, 0.25) is 0 Å². The van der Waals surface area contributed by atoms with E-state index in [0.29, 0.717) is 0 Å². The fourth-order valence-electron chi connectivity index (χ4n) is 0.754. The van der Waals surface area contributed by atoms with Crippen molar-refractivity contribution in [3.05, 3.63) is 0 Å². The molecule has 0 radical (unpaired) electrons. The zero-order valence-corrected chi connectivity index (χ0v) is 7.65. The molecule has 1 unspecified atom stereocenters.